The average Bonchev–Trinajstić information content (AvgIpc) is 2.45. The SMILES string of the molecule is COCCNCc1ccc(Cl)cc1SC1CCCC(C)C1. The van der Waals surface area contributed by atoms with Crippen molar-refractivity contribution >= 4 is 23.4 Å². The Bertz CT molecular complexity index is 441. The highest BCUT2D eigenvalue weighted by atomic mass is 35.5. The summed E-state index contributed by atoms with van der Waals surface area (Å²) >= 11 is 8.21. The normalized spacial score (nSPS) is 22.4. The van der Waals surface area contributed by atoms with Crippen LogP contribution in [-0.4, -0.2) is 25.5 Å². The lowest BCUT2D eigenvalue weighted by Crippen LogP contribution is -2.19. The molecule has 0 amide bonds. The highest BCUT2D eigenvalue weighted by Gasteiger charge is 2.20. The summed E-state index contributed by atoms with van der Waals surface area (Å²) in [6.45, 7) is 4.88. The Balaban J connectivity index is 1.97. The summed E-state index contributed by atoms with van der Waals surface area (Å²) in [5.74, 6) is 0.860. The first-order chi connectivity index (χ1) is 10.2. The maximum Gasteiger partial charge on any atom is 0.0587 e. The van der Waals surface area contributed by atoms with Gasteiger partial charge in [-0.15, -0.1) is 11.8 Å². The second kappa shape index (κ2) is 9.04. The topological polar surface area (TPSA) is 21.3 Å². The van der Waals surface area contributed by atoms with Crippen LogP contribution in [0.2, 0.25) is 5.02 Å². The Labute approximate surface area is 138 Å². The van der Waals surface area contributed by atoms with Gasteiger partial charge in [-0.3, -0.25) is 0 Å². The maximum atomic E-state index is 6.19. The number of thioether (sulfide) groups is 1. The fraction of sp³-hybridized carbons (Fsp3) is 0.647. The summed E-state index contributed by atoms with van der Waals surface area (Å²) in [7, 11) is 1.73. The van der Waals surface area contributed by atoms with Gasteiger partial charge in [-0.05, 0) is 36.5 Å². The molecule has 0 spiro atoms. The van der Waals surface area contributed by atoms with Gasteiger partial charge < -0.3 is 10.1 Å². The van der Waals surface area contributed by atoms with Gasteiger partial charge in [0.2, 0.25) is 0 Å². The Hall–Kier alpha value is -0.220. The van der Waals surface area contributed by atoms with Crippen molar-refractivity contribution in [2.75, 3.05) is 20.3 Å². The fourth-order valence-electron chi connectivity index (χ4n) is 2.85. The molecule has 0 bridgehead atoms. The maximum absolute atomic E-state index is 6.19. The summed E-state index contributed by atoms with van der Waals surface area (Å²) < 4.78 is 5.07. The predicted octanol–water partition coefficient (Wildman–Crippen LogP) is 4.75. The zero-order chi connectivity index (χ0) is 15.1. The van der Waals surface area contributed by atoms with Gasteiger partial charge in [-0.1, -0.05) is 37.4 Å². The van der Waals surface area contributed by atoms with E-state index in [1.165, 1.54) is 36.1 Å². The van der Waals surface area contributed by atoms with Crippen molar-refractivity contribution in [1.29, 1.82) is 0 Å². The van der Waals surface area contributed by atoms with Crippen molar-refractivity contribution in [2.45, 2.75) is 49.3 Å². The van der Waals surface area contributed by atoms with Gasteiger partial charge in [0.1, 0.15) is 0 Å². The molecule has 1 fully saturated rings. The van der Waals surface area contributed by atoms with Crippen LogP contribution in [0.15, 0.2) is 23.1 Å². The van der Waals surface area contributed by atoms with Crippen LogP contribution in [0, 0.1) is 5.92 Å². The highest BCUT2D eigenvalue weighted by molar-refractivity contribution is 8.00. The number of rotatable bonds is 7. The summed E-state index contributed by atoms with van der Waals surface area (Å²) in [6, 6.07) is 6.26. The van der Waals surface area contributed by atoms with Gasteiger partial charge in [-0.25, -0.2) is 0 Å². The minimum Gasteiger partial charge on any atom is -0.383 e. The summed E-state index contributed by atoms with van der Waals surface area (Å²) in [4.78, 5) is 1.34. The van der Waals surface area contributed by atoms with Crippen molar-refractivity contribution in [3.8, 4) is 0 Å². The molecule has 1 aromatic carbocycles. The third kappa shape index (κ3) is 5.82. The molecule has 118 valence electrons. The zero-order valence-electron chi connectivity index (χ0n) is 13.0. The number of nitrogens with one attached hydrogen (secondary N) is 1. The second-order valence-corrected chi connectivity index (χ2v) is 7.71. The van der Waals surface area contributed by atoms with Gasteiger partial charge in [-0.2, -0.15) is 0 Å². The third-order valence-corrected chi connectivity index (χ3v) is 5.64. The van der Waals surface area contributed by atoms with Gasteiger partial charge >= 0.3 is 0 Å². The quantitative estimate of drug-likeness (QED) is 0.730. The van der Waals surface area contributed by atoms with Gasteiger partial charge in [0, 0.05) is 35.4 Å². The number of hydrogen-bond acceptors (Lipinski definition) is 3. The first-order valence-electron chi connectivity index (χ1n) is 7.83. The lowest BCUT2D eigenvalue weighted by molar-refractivity contribution is 0.199. The van der Waals surface area contributed by atoms with Crippen molar-refractivity contribution in [3.05, 3.63) is 28.8 Å². The van der Waals surface area contributed by atoms with E-state index < -0.39 is 0 Å². The zero-order valence-corrected chi connectivity index (χ0v) is 14.6. The largest absolute Gasteiger partial charge is 0.383 e. The van der Waals surface area contributed by atoms with E-state index in [0.717, 1.165) is 35.9 Å². The molecule has 0 saturated heterocycles. The molecule has 1 aliphatic carbocycles. The van der Waals surface area contributed by atoms with Crippen LogP contribution in [0.4, 0.5) is 0 Å². The van der Waals surface area contributed by atoms with E-state index in [-0.39, 0.29) is 0 Å². The van der Waals surface area contributed by atoms with E-state index >= 15 is 0 Å². The number of hydrogen-bond donors (Lipinski definition) is 1. The van der Waals surface area contributed by atoms with Crippen molar-refractivity contribution < 1.29 is 4.74 Å². The van der Waals surface area contributed by atoms with Crippen LogP contribution >= 0.6 is 23.4 Å². The summed E-state index contributed by atoms with van der Waals surface area (Å²) in [5, 5.41) is 5.00. The summed E-state index contributed by atoms with van der Waals surface area (Å²) in [5.41, 5.74) is 1.35. The lowest BCUT2D eigenvalue weighted by Gasteiger charge is -2.27. The Morgan fingerprint density at radius 2 is 2.24 bits per heavy atom. The van der Waals surface area contributed by atoms with Crippen LogP contribution in [0.3, 0.4) is 0 Å². The van der Waals surface area contributed by atoms with Crippen LogP contribution in [0.25, 0.3) is 0 Å². The van der Waals surface area contributed by atoms with E-state index in [9.17, 15) is 0 Å². The first kappa shape index (κ1) is 17.1. The van der Waals surface area contributed by atoms with Crippen molar-refractivity contribution in [2.24, 2.45) is 5.92 Å². The second-order valence-electron chi connectivity index (χ2n) is 5.93. The first-order valence-corrected chi connectivity index (χ1v) is 9.09. The van der Waals surface area contributed by atoms with Crippen LogP contribution in [-0.2, 0) is 11.3 Å². The van der Waals surface area contributed by atoms with Gasteiger partial charge in [0.15, 0.2) is 0 Å². The molecule has 2 nitrogen and oxygen atoms in total. The Morgan fingerprint density at radius 1 is 1.38 bits per heavy atom. The smallest absolute Gasteiger partial charge is 0.0587 e. The standard InChI is InChI=1S/C17H26ClNOS/c1-13-4-3-5-16(10-13)21-17-11-15(18)7-6-14(17)12-19-8-9-20-2/h6-7,11,13,16,19H,3-5,8-10,12H2,1-2H3. The Morgan fingerprint density at radius 3 is 3.00 bits per heavy atom. The molecular formula is C17H26ClNOS. The average molecular weight is 328 g/mol. The van der Waals surface area contributed by atoms with Gasteiger partial charge in [0.05, 0.1) is 6.61 Å². The molecule has 0 heterocycles. The van der Waals surface area contributed by atoms with E-state index in [1.54, 1.807) is 7.11 Å². The summed E-state index contributed by atoms with van der Waals surface area (Å²) in [6.07, 6.45) is 5.41. The number of ether oxygens (including phenoxy) is 1. The van der Waals surface area contributed by atoms with Crippen LogP contribution in [0.1, 0.15) is 38.2 Å². The molecular weight excluding hydrogens is 302 g/mol. The van der Waals surface area contributed by atoms with Gasteiger partial charge in [0.25, 0.3) is 0 Å². The highest BCUT2D eigenvalue weighted by Crippen LogP contribution is 2.38. The van der Waals surface area contributed by atoms with E-state index in [2.05, 4.69) is 24.4 Å². The van der Waals surface area contributed by atoms with Crippen molar-refractivity contribution in [3.63, 3.8) is 0 Å². The third-order valence-electron chi connectivity index (χ3n) is 4.01. The molecule has 1 N–H and O–H groups in total. The molecule has 4 heteroatoms. The molecule has 0 radical (unpaired) electrons. The molecule has 1 aliphatic rings. The fourth-order valence-corrected chi connectivity index (χ4v) is 4.64. The van der Waals surface area contributed by atoms with Crippen molar-refractivity contribution in [1.82, 2.24) is 5.32 Å². The van der Waals surface area contributed by atoms with E-state index in [1.807, 2.05) is 17.8 Å². The molecule has 2 unspecified atom stereocenters. The number of halogens is 1. The van der Waals surface area contributed by atoms with Crippen LogP contribution < -0.4 is 5.32 Å². The molecule has 0 aliphatic heterocycles. The molecule has 21 heavy (non-hydrogen) atoms. The predicted molar refractivity (Wildman–Crippen MR) is 92.3 cm³/mol. The molecule has 2 atom stereocenters. The minimum atomic E-state index is 0.741. The lowest BCUT2D eigenvalue weighted by atomic mass is 9.91. The Kier molecular flexibility index (Phi) is 7.38. The number of methoxy groups -OCH3 is 1. The van der Waals surface area contributed by atoms with E-state index in [0.29, 0.717) is 0 Å². The monoisotopic (exact) mass is 327 g/mol. The molecule has 1 aromatic rings. The van der Waals surface area contributed by atoms with Crippen LogP contribution in [0.5, 0.6) is 0 Å². The molecule has 0 aromatic heterocycles. The molecule has 1 saturated carbocycles. The molecule has 2 rings (SSSR count). The number of benzene rings is 1. The van der Waals surface area contributed by atoms with E-state index in [4.69, 9.17) is 16.3 Å². The minimum absolute atomic E-state index is 0.741.